The summed E-state index contributed by atoms with van der Waals surface area (Å²) in [5.74, 6) is -1.47. The molecule has 0 bridgehead atoms. The van der Waals surface area contributed by atoms with Gasteiger partial charge in [-0.05, 0) is 48.9 Å². The van der Waals surface area contributed by atoms with Crippen molar-refractivity contribution in [1.29, 1.82) is 0 Å². The topological polar surface area (TPSA) is 106 Å². The fraction of sp³-hybridized carbons (Fsp3) is 0.227. The van der Waals surface area contributed by atoms with Gasteiger partial charge in [-0.15, -0.1) is 12.4 Å². The fourth-order valence-electron chi connectivity index (χ4n) is 3.58. The number of halogens is 2. The van der Waals surface area contributed by atoms with Gasteiger partial charge in [0.15, 0.2) is 0 Å². The van der Waals surface area contributed by atoms with Gasteiger partial charge in [-0.2, -0.15) is 0 Å². The molecule has 0 unspecified atom stereocenters. The summed E-state index contributed by atoms with van der Waals surface area (Å²) in [5, 5.41) is 10.1. The summed E-state index contributed by atoms with van der Waals surface area (Å²) in [6.45, 7) is 1.84. The summed E-state index contributed by atoms with van der Waals surface area (Å²) < 4.78 is 41.2. The Bertz CT molecular complexity index is 1300. The molecule has 0 aliphatic heterocycles. The van der Waals surface area contributed by atoms with E-state index in [0.29, 0.717) is 27.7 Å². The molecule has 172 valence electrons. The molecule has 7 nitrogen and oxygen atoms in total. The van der Waals surface area contributed by atoms with Gasteiger partial charge >= 0.3 is 5.97 Å². The lowest BCUT2D eigenvalue weighted by Gasteiger charge is -2.17. The van der Waals surface area contributed by atoms with E-state index in [1.54, 1.807) is 34.9 Å². The zero-order valence-corrected chi connectivity index (χ0v) is 19.5. The van der Waals surface area contributed by atoms with E-state index >= 15 is 0 Å². The number of fused-ring (bicyclic) bond motifs is 1. The van der Waals surface area contributed by atoms with Crippen LogP contribution in [-0.2, 0) is 16.6 Å². The molecule has 0 saturated heterocycles. The van der Waals surface area contributed by atoms with E-state index in [0.717, 1.165) is 16.3 Å². The van der Waals surface area contributed by atoms with Crippen LogP contribution in [0.5, 0.6) is 0 Å². The first-order chi connectivity index (χ1) is 14.5. The first-order valence-electron chi connectivity index (χ1n) is 9.49. The van der Waals surface area contributed by atoms with E-state index in [9.17, 15) is 22.7 Å². The van der Waals surface area contributed by atoms with E-state index in [1.807, 2.05) is 13.0 Å². The highest BCUT2D eigenvalue weighted by Crippen LogP contribution is 2.37. The summed E-state index contributed by atoms with van der Waals surface area (Å²) in [7, 11) is -2.00. The first kappa shape index (κ1) is 25.4. The average molecular weight is 482 g/mol. The number of rotatable bonds is 7. The van der Waals surface area contributed by atoms with Crippen LogP contribution in [-0.4, -0.2) is 43.9 Å². The SMILES string of the molecule is Cc1c(-c2cccc(N(C)S(C)(=O)=O)c2)c2cc(C(=O)O)ccc2n1C/C(F)=C/CN.Cl. The number of sulfonamides is 1. The number of hydrogen-bond donors (Lipinski definition) is 2. The number of anilines is 1. The van der Waals surface area contributed by atoms with E-state index < -0.39 is 21.8 Å². The Balaban J connectivity index is 0.00000363. The van der Waals surface area contributed by atoms with Crippen molar-refractivity contribution < 1.29 is 22.7 Å². The highest BCUT2D eigenvalue weighted by Gasteiger charge is 2.20. The molecule has 32 heavy (non-hydrogen) atoms. The maximum absolute atomic E-state index is 14.3. The van der Waals surface area contributed by atoms with Crippen LogP contribution in [0.4, 0.5) is 10.1 Å². The minimum Gasteiger partial charge on any atom is -0.478 e. The van der Waals surface area contributed by atoms with Gasteiger partial charge in [0.1, 0.15) is 5.83 Å². The molecule has 0 aliphatic rings. The van der Waals surface area contributed by atoms with Gasteiger partial charge in [0.25, 0.3) is 0 Å². The minimum atomic E-state index is -3.46. The van der Waals surface area contributed by atoms with Crippen LogP contribution in [0.3, 0.4) is 0 Å². The summed E-state index contributed by atoms with van der Waals surface area (Å²) in [6, 6.07) is 11.6. The number of aromatic carboxylic acids is 1. The standard InChI is InChI=1S/C22H24FN3O4S.ClH/c1-14-21(15-5-4-6-18(11-15)25(2)31(3,29)30)19-12-16(22(27)28)7-8-20(19)26(14)13-17(23)9-10-24;/h4-9,11-12H,10,13,24H2,1-3H3,(H,27,28);1H/b17-9-;. The Labute approximate surface area is 192 Å². The van der Waals surface area contributed by atoms with E-state index in [4.69, 9.17) is 5.73 Å². The van der Waals surface area contributed by atoms with Crippen LogP contribution in [0.15, 0.2) is 54.4 Å². The van der Waals surface area contributed by atoms with Crippen molar-refractivity contribution in [2.75, 3.05) is 24.2 Å². The van der Waals surface area contributed by atoms with Gasteiger partial charge in [0.05, 0.1) is 24.1 Å². The Morgan fingerprint density at radius 1 is 1.25 bits per heavy atom. The van der Waals surface area contributed by atoms with Crippen molar-refractivity contribution in [2.45, 2.75) is 13.5 Å². The molecule has 1 aromatic heterocycles. The Morgan fingerprint density at radius 3 is 2.53 bits per heavy atom. The number of allylic oxidation sites excluding steroid dienone is 1. The van der Waals surface area contributed by atoms with Gasteiger partial charge < -0.3 is 15.4 Å². The first-order valence-corrected chi connectivity index (χ1v) is 11.3. The lowest BCUT2D eigenvalue weighted by Crippen LogP contribution is -2.24. The van der Waals surface area contributed by atoms with Crippen LogP contribution in [0, 0.1) is 6.92 Å². The lowest BCUT2D eigenvalue weighted by molar-refractivity contribution is 0.0697. The molecule has 3 rings (SSSR count). The Hall–Kier alpha value is -2.88. The molecule has 1 heterocycles. The Kier molecular flexibility index (Phi) is 7.71. The van der Waals surface area contributed by atoms with Gasteiger partial charge in [0, 0.05) is 35.8 Å². The second-order valence-electron chi connectivity index (χ2n) is 7.25. The molecular weight excluding hydrogens is 457 g/mol. The fourth-order valence-corrected chi connectivity index (χ4v) is 4.07. The lowest BCUT2D eigenvalue weighted by atomic mass is 10.0. The van der Waals surface area contributed by atoms with Gasteiger partial charge in [-0.25, -0.2) is 17.6 Å². The molecule has 0 saturated carbocycles. The highest BCUT2D eigenvalue weighted by molar-refractivity contribution is 7.92. The number of carboxylic acid groups (broad SMARTS) is 1. The summed E-state index contributed by atoms with van der Waals surface area (Å²) in [4.78, 5) is 11.5. The monoisotopic (exact) mass is 481 g/mol. The quantitative estimate of drug-likeness (QED) is 0.531. The van der Waals surface area contributed by atoms with Crippen LogP contribution in [0.25, 0.3) is 22.0 Å². The number of carbonyl (C=O) groups is 1. The zero-order valence-electron chi connectivity index (χ0n) is 17.9. The summed E-state index contributed by atoms with van der Waals surface area (Å²) in [5.41, 5.74) is 8.78. The smallest absolute Gasteiger partial charge is 0.335 e. The Morgan fingerprint density at radius 2 is 1.94 bits per heavy atom. The molecule has 0 radical (unpaired) electrons. The van der Waals surface area contributed by atoms with Crippen molar-refractivity contribution >= 4 is 45.0 Å². The second-order valence-corrected chi connectivity index (χ2v) is 9.26. The van der Waals surface area contributed by atoms with E-state index in [1.165, 1.54) is 19.2 Å². The molecule has 0 amide bonds. The number of benzene rings is 2. The van der Waals surface area contributed by atoms with Crippen molar-refractivity contribution in [1.82, 2.24) is 4.57 Å². The van der Waals surface area contributed by atoms with E-state index in [2.05, 4.69) is 0 Å². The predicted octanol–water partition coefficient (Wildman–Crippen LogP) is 3.94. The molecule has 0 aliphatic carbocycles. The number of nitrogens with zero attached hydrogens (tertiary/aromatic N) is 2. The van der Waals surface area contributed by atoms with Gasteiger partial charge in [-0.1, -0.05) is 12.1 Å². The molecule has 3 N–H and O–H groups in total. The normalized spacial score (nSPS) is 12.0. The summed E-state index contributed by atoms with van der Waals surface area (Å²) >= 11 is 0. The van der Waals surface area contributed by atoms with Crippen molar-refractivity contribution in [3.05, 3.63) is 65.6 Å². The third-order valence-electron chi connectivity index (χ3n) is 5.21. The van der Waals surface area contributed by atoms with Gasteiger partial charge in [0.2, 0.25) is 10.0 Å². The maximum Gasteiger partial charge on any atom is 0.335 e. The summed E-state index contributed by atoms with van der Waals surface area (Å²) in [6.07, 6.45) is 2.40. The zero-order chi connectivity index (χ0) is 22.9. The molecule has 3 aromatic rings. The van der Waals surface area contributed by atoms with Crippen molar-refractivity contribution in [3.8, 4) is 11.1 Å². The largest absolute Gasteiger partial charge is 0.478 e. The molecule has 0 fully saturated rings. The molecule has 0 atom stereocenters. The molecule has 2 aromatic carbocycles. The number of aromatic nitrogens is 1. The molecule has 10 heteroatoms. The van der Waals surface area contributed by atoms with Crippen LogP contribution >= 0.6 is 12.4 Å². The molecular formula is C22H25ClFN3O4S. The van der Waals surface area contributed by atoms with Crippen LogP contribution < -0.4 is 10.0 Å². The van der Waals surface area contributed by atoms with Crippen molar-refractivity contribution in [3.63, 3.8) is 0 Å². The van der Waals surface area contributed by atoms with E-state index in [-0.39, 0.29) is 31.1 Å². The average Bonchev–Trinajstić information content (AvgIpc) is 2.97. The van der Waals surface area contributed by atoms with Crippen LogP contribution in [0.1, 0.15) is 16.1 Å². The second kappa shape index (κ2) is 9.72. The minimum absolute atomic E-state index is 0. The third-order valence-corrected chi connectivity index (χ3v) is 6.42. The van der Waals surface area contributed by atoms with Crippen LogP contribution in [0.2, 0.25) is 0 Å². The highest BCUT2D eigenvalue weighted by atomic mass is 35.5. The third kappa shape index (κ3) is 4.95. The number of nitrogens with two attached hydrogens (primary N) is 1. The number of carboxylic acids is 1. The van der Waals surface area contributed by atoms with Gasteiger partial charge in [-0.3, -0.25) is 4.31 Å². The predicted molar refractivity (Wildman–Crippen MR) is 128 cm³/mol. The molecule has 0 spiro atoms. The number of hydrogen-bond acceptors (Lipinski definition) is 4. The van der Waals surface area contributed by atoms with Crippen molar-refractivity contribution in [2.24, 2.45) is 5.73 Å². The maximum atomic E-state index is 14.3.